The van der Waals surface area contributed by atoms with Crippen molar-refractivity contribution < 1.29 is 22.4 Å². The Bertz CT molecular complexity index is 1110. The summed E-state index contributed by atoms with van der Waals surface area (Å²) in [5.41, 5.74) is -0.207. The van der Waals surface area contributed by atoms with E-state index in [2.05, 4.69) is 20.6 Å². The van der Waals surface area contributed by atoms with Crippen LogP contribution in [0.1, 0.15) is 41.9 Å². The number of alkyl halides is 3. The number of rotatable bonds is 5. The molecule has 2 N–H and O–H groups in total. The topological polar surface area (TPSA) is 80.0 Å². The number of oxazole rings is 1. The number of nitrogens with one attached hydrogen (secondary N) is 2. The van der Waals surface area contributed by atoms with Gasteiger partial charge in [-0.3, -0.25) is 4.79 Å². The van der Waals surface area contributed by atoms with E-state index < -0.39 is 23.5 Å². The second-order valence-corrected chi connectivity index (χ2v) is 8.37. The van der Waals surface area contributed by atoms with Crippen molar-refractivity contribution in [2.24, 2.45) is 11.8 Å². The number of halogens is 3. The highest BCUT2D eigenvalue weighted by atomic mass is 19.4. The predicted octanol–water partition coefficient (Wildman–Crippen LogP) is 5.61. The number of nitrogens with zero attached hydrogens (tertiary/aromatic N) is 2. The summed E-state index contributed by atoms with van der Waals surface area (Å²) in [5, 5.41) is 5.87. The highest BCUT2D eigenvalue weighted by molar-refractivity contribution is 6.04. The fourth-order valence-electron chi connectivity index (χ4n) is 4.73. The monoisotopic (exact) mass is 442 g/mol. The summed E-state index contributed by atoms with van der Waals surface area (Å²) in [7, 11) is 0. The van der Waals surface area contributed by atoms with Crippen molar-refractivity contribution in [1.82, 2.24) is 9.97 Å². The van der Waals surface area contributed by atoms with Crippen LogP contribution in [-0.4, -0.2) is 21.9 Å². The second-order valence-electron chi connectivity index (χ2n) is 8.37. The first kappa shape index (κ1) is 20.5. The molecular formula is C23H21F3N4O2. The Morgan fingerprint density at radius 1 is 1.06 bits per heavy atom. The van der Waals surface area contributed by atoms with Gasteiger partial charge in [0.05, 0.1) is 11.9 Å². The highest BCUT2D eigenvalue weighted by Crippen LogP contribution is 2.45. The van der Waals surface area contributed by atoms with Crippen LogP contribution < -0.4 is 10.6 Å². The van der Waals surface area contributed by atoms with Gasteiger partial charge in [-0.25, -0.2) is 9.97 Å². The molecule has 0 radical (unpaired) electrons. The summed E-state index contributed by atoms with van der Waals surface area (Å²) in [6.07, 6.45) is 1.49. The van der Waals surface area contributed by atoms with Gasteiger partial charge in [0.2, 0.25) is 11.7 Å². The van der Waals surface area contributed by atoms with Gasteiger partial charge in [0.15, 0.2) is 5.69 Å². The first-order chi connectivity index (χ1) is 15.4. The number of hydrogen-bond donors (Lipinski definition) is 2. The molecule has 3 unspecified atom stereocenters. The van der Waals surface area contributed by atoms with Crippen molar-refractivity contribution in [2.45, 2.75) is 37.9 Å². The van der Waals surface area contributed by atoms with Crippen LogP contribution in [0.5, 0.6) is 0 Å². The first-order valence-corrected chi connectivity index (χ1v) is 10.5. The van der Waals surface area contributed by atoms with Crippen molar-refractivity contribution >= 4 is 17.4 Å². The molecule has 166 valence electrons. The fourth-order valence-corrected chi connectivity index (χ4v) is 4.73. The number of carbonyl (C=O) groups excluding carboxylic acids is 1. The Morgan fingerprint density at radius 3 is 2.50 bits per heavy atom. The zero-order chi connectivity index (χ0) is 22.3. The number of hydrogen-bond acceptors (Lipinski definition) is 5. The largest absolute Gasteiger partial charge is 0.452 e. The molecule has 0 aliphatic heterocycles. The van der Waals surface area contributed by atoms with Gasteiger partial charge in [-0.05, 0) is 55.4 Å². The molecule has 2 bridgehead atoms. The minimum Gasteiger partial charge on any atom is -0.431 e. The summed E-state index contributed by atoms with van der Waals surface area (Å²) in [4.78, 5) is 20.7. The van der Waals surface area contributed by atoms with Gasteiger partial charge in [-0.2, -0.15) is 13.2 Å². The minimum atomic E-state index is -4.86. The van der Waals surface area contributed by atoms with E-state index in [0.717, 1.165) is 12.3 Å². The number of carbonyl (C=O) groups is 1. The van der Waals surface area contributed by atoms with Crippen LogP contribution in [0.2, 0.25) is 0 Å². The molecule has 1 amide bonds. The number of anilines is 2. The average Bonchev–Trinajstić information content (AvgIpc) is 3.51. The molecule has 5 rings (SSSR count). The first-order valence-electron chi connectivity index (χ1n) is 10.5. The molecule has 2 saturated carbocycles. The van der Waals surface area contributed by atoms with E-state index in [1.807, 2.05) is 0 Å². The quantitative estimate of drug-likeness (QED) is 0.537. The molecule has 0 spiro atoms. The van der Waals surface area contributed by atoms with E-state index in [4.69, 9.17) is 4.42 Å². The van der Waals surface area contributed by atoms with Crippen LogP contribution >= 0.6 is 0 Å². The molecule has 2 aliphatic carbocycles. The molecule has 2 heterocycles. The van der Waals surface area contributed by atoms with Gasteiger partial charge in [0, 0.05) is 11.6 Å². The maximum Gasteiger partial charge on any atom is 0.452 e. The standard InChI is InChI=1S/C23H21F3N4O2/c24-23(25,26)20-19(30-22(32-20)14-4-2-1-3-5-14)21(31)28-16-8-9-18(27-12-16)29-17-11-13-6-7-15(17)10-13/h1-5,8-9,12-13,15,17H,6-7,10-11H2,(H,27,29)(H,28,31). The predicted molar refractivity (Wildman–Crippen MR) is 112 cm³/mol. The Hall–Kier alpha value is -3.36. The number of benzene rings is 1. The third-order valence-electron chi connectivity index (χ3n) is 6.21. The minimum absolute atomic E-state index is 0.269. The van der Waals surface area contributed by atoms with Crippen LogP contribution in [0.3, 0.4) is 0 Å². The van der Waals surface area contributed by atoms with E-state index >= 15 is 0 Å². The molecule has 2 aliphatic rings. The molecule has 9 heteroatoms. The number of pyridine rings is 1. The van der Waals surface area contributed by atoms with E-state index in [1.54, 1.807) is 42.5 Å². The number of aromatic nitrogens is 2. The zero-order valence-corrected chi connectivity index (χ0v) is 17.0. The third-order valence-corrected chi connectivity index (χ3v) is 6.21. The maximum atomic E-state index is 13.5. The lowest BCUT2D eigenvalue weighted by atomic mass is 9.95. The SMILES string of the molecule is O=C(Nc1ccc(NC2CC3CCC2C3)nc1)c1nc(-c2ccccc2)oc1C(F)(F)F. The van der Waals surface area contributed by atoms with Crippen molar-refractivity contribution in [3.05, 3.63) is 60.1 Å². The van der Waals surface area contributed by atoms with Gasteiger partial charge in [-0.1, -0.05) is 24.6 Å². The molecule has 3 aromatic rings. The Morgan fingerprint density at radius 2 is 1.88 bits per heavy atom. The number of fused-ring (bicyclic) bond motifs is 2. The molecule has 32 heavy (non-hydrogen) atoms. The zero-order valence-electron chi connectivity index (χ0n) is 17.0. The Balaban J connectivity index is 1.31. The van der Waals surface area contributed by atoms with Crippen molar-refractivity contribution in [3.63, 3.8) is 0 Å². The van der Waals surface area contributed by atoms with Crippen LogP contribution in [0.4, 0.5) is 24.7 Å². The van der Waals surface area contributed by atoms with Crippen LogP contribution in [0.25, 0.3) is 11.5 Å². The summed E-state index contributed by atoms with van der Waals surface area (Å²) in [6.45, 7) is 0. The summed E-state index contributed by atoms with van der Waals surface area (Å²) >= 11 is 0. The molecular weight excluding hydrogens is 421 g/mol. The van der Waals surface area contributed by atoms with Gasteiger partial charge >= 0.3 is 6.18 Å². The molecule has 6 nitrogen and oxygen atoms in total. The third kappa shape index (κ3) is 4.06. The Kier molecular flexibility index (Phi) is 5.11. The van der Waals surface area contributed by atoms with Crippen LogP contribution in [0.15, 0.2) is 53.1 Å². The normalized spacial score (nSPS) is 22.2. The summed E-state index contributed by atoms with van der Waals surface area (Å²) in [6, 6.07) is 11.8. The lowest BCUT2D eigenvalue weighted by molar-refractivity contribution is -0.153. The molecule has 0 saturated heterocycles. The van der Waals surface area contributed by atoms with Crippen molar-refractivity contribution in [3.8, 4) is 11.5 Å². The van der Waals surface area contributed by atoms with Gasteiger partial charge in [0.1, 0.15) is 5.82 Å². The number of amides is 1. The maximum absolute atomic E-state index is 13.5. The van der Waals surface area contributed by atoms with Gasteiger partial charge in [-0.15, -0.1) is 0 Å². The van der Waals surface area contributed by atoms with Gasteiger partial charge < -0.3 is 15.1 Å². The fraction of sp³-hybridized carbons (Fsp3) is 0.348. The average molecular weight is 442 g/mol. The van der Waals surface area contributed by atoms with Crippen LogP contribution in [-0.2, 0) is 6.18 Å². The Labute approximate surface area is 182 Å². The van der Waals surface area contributed by atoms with E-state index in [-0.39, 0.29) is 11.6 Å². The van der Waals surface area contributed by atoms with Crippen molar-refractivity contribution in [1.29, 1.82) is 0 Å². The molecule has 2 fully saturated rings. The summed E-state index contributed by atoms with van der Waals surface area (Å²) < 4.78 is 45.3. The van der Waals surface area contributed by atoms with E-state index in [9.17, 15) is 18.0 Å². The molecule has 3 atom stereocenters. The van der Waals surface area contributed by atoms with Crippen molar-refractivity contribution in [2.75, 3.05) is 10.6 Å². The smallest absolute Gasteiger partial charge is 0.431 e. The van der Waals surface area contributed by atoms with Crippen LogP contribution in [0, 0.1) is 11.8 Å². The second kappa shape index (κ2) is 7.96. The van der Waals surface area contributed by atoms with E-state index in [0.29, 0.717) is 23.3 Å². The lowest BCUT2D eigenvalue weighted by Crippen LogP contribution is -2.26. The lowest BCUT2D eigenvalue weighted by Gasteiger charge is -2.23. The molecule has 2 aromatic heterocycles. The highest BCUT2D eigenvalue weighted by Gasteiger charge is 2.42. The molecule has 1 aromatic carbocycles. The van der Waals surface area contributed by atoms with E-state index in [1.165, 1.54) is 25.5 Å². The summed E-state index contributed by atoms with van der Waals surface area (Å²) in [5.74, 6) is -0.568. The van der Waals surface area contributed by atoms with Gasteiger partial charge in [0.25, 0.3) is 5.91 Å².